The third-order valence-electron chi connectivity index (χ3n) is 11.7. The van der Waals surface area contributed by atoms with Crippen LogP contribution in [0.4, 0.5) is 11.6 Å². The highest BCUT2D eigenvalue weighted by Gasteiger charge is 2.16. The highest BCUT2D eigenvalue weighted by Crippen LogP contribution is 2.23. The molecular weight excluding hydrogens is 759 g/mol. The van der Waals surface area contributed by atoms with E-state index in [2.05, 4.69) is 52.0 Å². The van der Waals surface area contributed by atoms with Crippen molar-refractivity contribution in [1.29, 1.82) is 0 Å². The van der Waals surface area contributed by atoms with Crippen molar-refractivity contribution in [1.82, 2.24) is 13.6 Å². The molecule has 0 spiro atoms. The average Bonchev–Trinajstić information content (AvgIpc) is 3.60. The van der Waals surface area contributed by atoms with Gasteiger partial charge in [-0.3, -0.25) is 9.59 Å². The van der Waals surface area contributed by atoms with Crippen LogP contribution in [-0.2, 0) is 19.1 Å². The quantitative estimate of drug-likeness (QED) is 0.0372. The minimum atomic E-state index is -1.54. The van der Waals surface area contributed by atoms with Gasteiger partial charge in [0.15, 0.2) is 11.1 Å². The number of ether oxygens (including phenoxy) is 2. The summed E-state index contributed by atoms with van der Waals surface area (Å²) >= 11 is -1.54. The number of rotatable bonds is 44. The zero-order chi connectivity index (χ0) is 43.0. The van der Waals surface area contributed by atoms with Crippen LogP contribution in [0, 0.1) is 5.92 Å². The summed E-state index contributed by atoms with van der Waals surface area (Å²) in [6.07, 6.45) is 36.1. The maximum Gasteiger partial charge on any atom is 0.306 e. The zero-order valence-electron chi connectivity index (χ0n) is 39.1. The van der Waals surface area contributed by atoms with Gasteiger partial charge in [-0.1, -0.05) is 156 Å². The van der Waals surface area contributed by atoms with E-state index in [4.69, 9.17) is 9.47 Å². The van der Waals surface area contributed by atoms with Gasteiger partial charge in [0.05, 0.1) is 6.61 Å². The van der Waals surface area contributed by atoms with E-state index in [0.717, 1.165) is 103 Å². The summed E-state index contributed by atoms with van der Waals surface area (Å²) in [5.74, 6) is 1.79. The predicted molar refractivity (Wildman–Crippen MR) is 250 cm³/mol. The van der Waals surface area contributed by atoms with Gasteiger partial charge in [-0.25, -0.2) is 0 Å². The Balaban J connectivity index is 2.39. The molecule has 1 rings (SSSR count). The molecule has 1 aromatic rings. The van der Waals surface area contributed by atoms with Crippen molar-refractivity contribution >= 4 is 34.7 Å². The van der Waals surface area contributed by atoms with Crippen molar-refractivity contribution in [2.24, 2.45) is 5.92 Å². The highest BCUT2D eigenvalue weighted by molar-refractivity contribution is 7.14. The molecular formula is C48H93N5O5S. The first-order valence-corrected chi connectivity index (χ1v) is 26.0. The number of nitrogens with one attached hydrogen (secondary N) is 2. The van der Waals surface area contributed by atoms with E-state index in [0.29, 0.717) is 37.0 Å². The summed E-state index contributed by atoms with van der Waals surface area (Å²) < 4.78 is 31.5. The Morgan fingerprint density at radius 3 is 1.61 bits per heavy atom. The predicted octanol–water partition coefficient (Wildman–Crippen LogP) is 13.6. The fourth-order valence-electron chi connectivity index (χ4n) is 7.95. The van der Waals surface area contributed by atoms with E-state index < -0.39 is 11.1 Å². The molecule has 59 heavy (non-hydrogen) atoms. The molecule has 0 bridgehead atoms. The topological polar surface area (TPSA) is 129 Å². The van der Waals surface area contributed by atoms with E-state index in [1.54, 1.807) is 7.05 Å². The van der Waals surface area contributed by atoms with Crippen LogP contribution < -0.4 is 10.6 Å². The molecule has 1 unspecified atom stereocenters. The third kappa shape index (κ3) is 32.4. The van der Waals surface area contributed by atoms with E-state index in [-0.39, 0.29) is 18.0 Å². The van der Waals surface area contributed by atoms with Crippen molar-refractivity contribution < 1.29 is 23.6 Å². The largest absolute Gasteiger partial charge is 0.546 e. The third-order valence-corrected chi connectivity index (χ3v) is 12.4. The fourth-order valence-corrected chi connectivity index (χ4v) is 8.63. The molecule has 0 fully saturated rings. The molecule has 0 aliphatic carbocycles. The van der Waals surface area contributed by atoms with Gasteiger partial charge in [0, 0.05) is 35.2 Å². The maximum atomic E-state index is 12.8. The summed E-state index contributed by atoms with van der Waals surface area (Å²) in [7, 11) is 1.77. The summed E-state index contributed by atoms with van der Waals surface area (Å²) in [5, 5.41) is 6.27. The van der Waals surface area contributed by atoms with Crippen LogP contribution in [-0.4, -0.2) is 76.1 Å². The number of hydrogen-bond donors (Lipinski definition) is 2. The van der Waals surface area contributed by atoms with Crippen molar-refractivity contribution in [3.63, 3.8) is 0 Å². The lowest BCUT2D eigenvalue weighted by molar-refractivity contribution is -0.150. The second-order valence-electron chi connectivity index (χ2n) is 17.2. The standard InChI is InChI=1S/C48H93N5O5S/c1-6-10-14-18-24-33-44(34-25-19-15-11-7-2)58-46(55)36-27-21-17-23-29-40-53(41-30-38-50-48-47(49-5)51-59(56)52-48)39-28-22-16-20-26-35-45(54)57-42-37-43(31-12-8-3)32-13-9-4/h43-44H,6-42H2,1-5H3,(H,49,51)(H,50,52). The molecule has 0 aromatic carbocycles. The molecule has 0 saturated heterocycles. The molecule has 0 radical (unpaired) electrons. The van der Waals surface area contributed by atoms with Gasteiger partial charge in [-0.2, -0.15) is 0 Å². The Hall–Kier alpha value is -1.98. The first-order chi connectivity index (χ1) is 28.9. The average molecular weight is 852 g/mol. The summed E-state index contributed by atoms with van der Waals surface area (Å²) in [5.41, 5.74) is 0. The van der Waals surface area contributed by atoms with Crippen molar-refractivity contribution in [3.05, 3.63) is 0 Å². The number of carbonyl (C=O) groups excluding carboxylic acids is 2. The Kier molecular flexibility index (Phi) is 37.4. The smallest absolute Gasteiger partial charge is 0.306 e. The minimum Gasteiger partial charge on any atom is -0.546 e. The van der Waals surface area contributed by atoms with Crippen LogP contribution >= 0.6 is 11.1 Å². The van der Waals surface area contributed by atoms with E-state index in [1.165, 1.54) is 116 Å². The Morgan fingerprint density at radius 1 is 0.576 bits per heavy atom. The van der Waals surface area contributed by atoms with Crippen molar-refractivity contribution in [3.8, 4) is 0 Å². The van der Waals surface area contributed by atoms with E-state index in [9.17, 15) is 14.1 Å². The van der Waals surface area contributed by atoms with Crippen LogP contribution in [0.15, 0.2) is 0 Å². The van der Waals surface area contributed by atoms with Gasteiger partial charge in [-0.05, 0) is 89.8 Å². The number of esters is 2. The molecule has 2 N–H and O–H groups in total. The fraction of sp³-hybridized carbons (Fsp3) is 0.917. The van der Waals surface area contributed by atoms with Crippen LogP contribution in [0.5, 0.6) is 0 Å². The van der Waals surface area contributed by atoms with E-state index in [1.807, 2.05) is 0 Å². The summed E-state index contributed by atoms with van der Waals surface area (Å²) in [4.78, 5) is 27.7. The normalized spacial score (nSPS) is 11.9. The SMILES string of the molecule is CCCCCCCC(CCCCCCC)OC(=O)CCCCCCCN(CCCCCCCC(=O)OCCC(CCCC)CCCC)CCCNc1n[s+]([O-])nc1NC. The van der Waals surface area contributed by atoms with Gasteiger partial charge in [0.25, 0.3) is 0 Å². The molecule has 346 valence electrons. The van der Waals surface area contributed by atoms with Crippen LogP contribution in [0.2, 0.25) is 0 Å². The second-order valence-corrected chi connectivity index (χ2v) is 18.0. The number of aromatic nitrogens is 2. The monoisotopic (exact) mass is 852 g/mol. The number of unbranched alkanes of at least 4 members (excludes halogenated alkanes) is 18. The summed E-state index contributed by atoms with van der Waals surface area (Å²) in [6.45, 7) is 13.4. The van der Waals surface area contributed by atoms with Gasteiger partial charge < -0.3 is 29.6 Å². The lowest BCUT2D eigenvalue weighted by atomic mass is 9.93. The summed E-state index contributed by atoms with van der Waals surface area (Å²) in [6, 6.07) is 0. The number of anilines is 2. The Labute approximate surface area is 366 Å². The Morgan fingerprint density at radius 2 is 1.05 bits per heavy atom. The number of nitrogens with zero attached hydrogens (tertiary/aromatic N) is 3. The van der Waals surface area contributed by atoms with E-state index >= 15 is 0 Å². The molecule has 1 heterocycles. The Bertz CT molecular complexity index is 1090. The minimum absolute atomic E-state index is 0.00350. The molecule has 0 aliphatic heterocycles. The van der Waals surface area contributed by atoms with Crippen LogP contribution in [0.3, 0.4) is 0 Å². The lowest BCUT2D eigenvalue weighted by Gasteiger charge is -2.22. The van der Waals surface area contributed by atoms with Gasteiger partial charge in [-0.15, -0.1) is 0 Å². The molecule has 10 nitrogen and oxygen atoms in total. The molecule has 1 atom stereocenters. The van der Waals surface area contributed by atoms with Gasteiger partial charge in [0.1, 0.15) is 6.10 Å². The first kappa shape index (κ1) is 55.0. The molecule has 0 aliphatic rings. The molecule has 0 saturated carbocycles. The highest BCUT2D eigenvalue weighted by atomic mass is 32.2. The van der Waals surface area contributed by atoms with Gasteiger partial charge in [0.2, 0.25) is 11.6 Å². The maximum absolute atomic E-state index is 12.8. The van der Waals surface area contributed by atoms with Crippen LogP contribution in [0.1, 0.15) is 233 Å². The van der Waals surface area contributed by atoms with Crippen LogP contribution in [0.25, 0.3) is 0 Å². The first-order valence-electron chi connectivity index (χ1n) is 24.9. The molecule has 11 heteroatoms. The zero-order valence-corrected chi connectivity index (χ0v) is 39.9. The van der Waals surface area contributed by atoms with Crippen molar-refractivity contribution in [2.45, 2.75) is 239 Å². The number of hydrogen-bond acceptors (Lipinski definition) is 10. The lowest BCUT2D eigenvalue weighted by Crippen LogP contribution is -2.28. The van der Waals surface area contributed by atoms with Crippen molar-refractivity contribution in [2.75, 3.05) is 50.5 Å². The molecule has 0 amide bonds. The number of carbonyl (C=O) groups is 2. The second kappa shape index (κ2) is 40.1. The van der Waals surface area contributed by atoms with Gasteiger partial charge >= 0.3 is 11.9 Å². The molecule has 1 aromatic heterocycles.